The van der Waals surface area contributed by atoms with Gasteiger partial charge in [0.1, 0.15) is 18.1 Å². The average molecular weight is 325 g/mol. The molecule has 0 aliphatic rings. The van der Waals surface area contributed by atoms with Gasteiger partial charge in [-0.2, -0.15) is 8.78 Å². The molecule has 0 aliphatic heterocycles. The lowest BCUT2D eigenvalue weighted by molar-refractivity contribution is -0.386. The number of ether oxygens (including phenoxy) is 3. The number of rotatable bonds is 7. The van der Waals surface area contributed by atoms with Crippen molar-refractivity contribution >= 4 is 5.69 Å². The van der Waals surface area contributed by atoms with E-state index in [0.29, 0.717) is 11.3 Å². The highest BCUT2D eigenvalue weighted by molar-refractivity contribution is 5.51. The topological polar surface area (TPSA) is 70.8 Å². The molecular formula is C15H13F2NO5. The summed E-state index contributed by atoms with van der Waals surface area (Å²) >= 11 is 0. The first kappa shape index (κ1) is 16.5. The van der Waals surface area contributed by atoms with E-state index in [4.69, 9.17) is 9.47 Å². The minimum absolute atomic E-state index is 0.0270. The van der Waals surface area contributed by atoms with Crippen LogP contribution in [0.25, 0.3) is 0 Å². The molecular weight excluding hydrogens is 312 g/mol. The Kier molecular flexibility index (Phi) is 5.29. The maximum atomic E-state index is 12.1. The molecule has 8 heteroatoms. The van der Waals surface area contributed by atoms with E-state index in [1.165, 1.54) is 43.5 Å². The Labute approximate surface area is 130 Å². The lowest BCUT2D eigenvalue weighted by atomic mass is 10.2. The summed E-state index contributed by atoms with van der Waals surface area (Å²) in [6.07, 6.45) is 0. The number of halogens is 2. The van der Waals surface area contributed by atoms with Crippen LogP contribution in [0.15, 0.2) is 42.5 Å². The van der Waals surface area contributed by atoms with Gasteiger partial charge in [-0.15, -0.1) is 0 Å². The molecule has 23 heavy (non-hydrogen) atoms. The summed E-state index contributed by atoms with van der Waals surface area (Å²) < 4.78 is 38.7. The number of nitrogens with zero attached hydrogens (tertiary/aromatic N) is 1. The van der Waals surface area contributed by atoms with E-state index in [1.54, 1.807) is 6.07 Å². The highest BCUT2D eigenvalue weighted by Crippen LogP contribution is 2.31. The molecule has 0 amide bonds. The van der Waals surface area contributed by atoms with Gasteiger partial charge in [-0.3, -0.25) is 10.1 Å². The van der Waals surface area contributed by atoms with Crippen LogP contribution in [0.1, 0.15) is 5.56 Å². The lowest BCUT2D eigenvalue weighted by Crippen LogP contribution is -2.02. The molecule has 0 unspecified atom stereocenters. The molecule has 122 valence electrons. The van der Waals surface area contributed by atoms with E-state index in [9.17, 15) is 18.9 Å². The predicted octanol–water partition coefficient (Wildman–Crippen LogP) is 3.78. The Morgan fingerprint density at radius 2 is 1.78 bits per heavy atom. The number of benzene rings is 2. The molecule has 0 radical (unpaired) electrons. The van der Waals surface area contributed by atoms with E-state index < -0.39 is 11.5 Å². The number of nitro groups is 1. The van der Waals surface area contributed by atoms with Gasteiger partial charge < -0.3 is 14.2 Å². The van der Waals surface area contributed by atoms with Crippen LogP contribution in [0.2, 0.25) is 0 Å². The quantitative estimate of drug-likeness (QED) is 0.572. The van der Waals surface area contributed by atoms with E-state index in [2.05, 4.69) is 4.74 Å². The summed E-state index contributed by atoms with van der Waals surface area (Å²) in [6.45, 7) is -2.85. The van der Waals surface area contributed by atoms with E-state index in [1.807, 2.05) is 0 Å². The Hall–Kier alpha value is -2.90. The van der Waals surface area contributed by atoms with Crippen LogP contribution < -0.4 is 14.2 Å². The van der Waals surface area contributed by atoms with E-state index in [-0.39, 0.29) is 23.8 Å². The molecule has 2 rings (SSSR count). The largest absolute Gasteiger partial charge is 0.496 e. The van der Waals surface area contributed by atoms with Gasteiger partial charge in [0, 0.05) is 0 Å². The van der Waals surface area contributed by atoms with Crippen LogP contribution in [0.3, 0.4) is 0 Å². The van der Waals surface area contributed by atoms with Crippen molar-refractivity contribution in [1.82, 2.24) is 0 Å². The van der Waals surface area contributed by atoms with Crippen molar-refractivity contribution < 1.29 is 27.9 Å². The monoisotopic (exact) mass is 325 g/mol. The van der Waals surface area contributed by atoms with Crippen molar-refractivity contribution in [1.29, 1.82) is 0 Å². The Morgan fingerprint density at radius 1 is 1.13 bits per heavy atom. The molecule has 2 aromatic carbocycles. The highest BCUT2D eigenvalue weighted by atomic mass is 19.3. The van der Waals surface area contributed by atoms with Crippen LogP contribution in [0, 0.1) is 10.1 Å². The molecule has 0 heterocycles. The fourth-order valence-electron chi connectivity index (χ4n) is 1.82. The van der Waals surface area contributed by atoms with Crippen molar-refractivity contribution in [2.45, 2.75) is 13.2 Å². The number of hydrogen-bond donors (Lipinski definition) is 0. The minimum atomic E-state index is -2.89. The first-order chi connectivity index (χ1) is 11.0. The van der Waals surface area contributed by atoms with Crippen LogP contribution in [-0.2, 0) is 6.61 Å². The number of alkyl halides is 2. The van der Waals surface area contributed by atoms with Crippen LogP contribution >= 0.6 is 0 Å². The second-order valence-corrected chi connectivity index (χ2v) is 4.40. The molecule has 0 saturated heterocycles. The van der Waals surface area contributed by atoms with Gasteiger partial charge in [0.2, 0.25) is 0 Å². The van der Waals surface area contributed by atoms with Gasteiger partial charge in [-0.05, 0) is 29.8 Å². The molecule has 0 aliphatic carbocycles. The predicted molar refractivity (Wildman–Crippen MR) is 77.1 cm³/mol. The van der Waals surface area contributed by atoms with E-state index >= 15 is 0 Å². The molecule has 0 fully saturated rings. The fourth-order valence-corrected chi connectivity index (χ4v) is 1.82. The third-order valence-electron chi connectivity index (χ3n) is 2.91. The van der Waals surface area contributed by atoms with Gasteiger partial charge >= 0.3 is 12.3 Å². The third-order valence-corrected chi connectivity index (χ3v) is 2.91. The number of hydrogen-bond acceptors (Lipinski definition) is 5. The van der Waals surface area contributed by atoms with Gasteiger partial charge in [-0.25, -0.2) is 0 Å². The zero-order valence-electron chi connectivity index (χ0n) is 12.1. The molecule has 2 aromatic rings. The van der Waals surface area contributed by atoms with Crippen LogP contribution in [0.4, 0.5) is 14.5 Å². The molecule has 0 atom stereocenters. The second-order valence-electron chi connectivity index (χ2n) is 4.40. The third kappa shape index (κ3) is 4.53. The zero-order chi connectivity index (χ0) is 16.8. The molecule has 0 aromatic heterocycles. The Bertz CT molecular complexity index is 676. The molecule has 0 spiro atoms. The highest BCUT2D eigenvalue weighted by Gasteiger charge is 2.16. The number of nitro benzene ring substituents is 1. The molecule has 6 nitrogen and oxygen atoms in total. The summed E-state index contributed by atoms with van der Waals surface area (Å²) in [5, 5.41) is 11.0. The summed E-state index contributed by atoms with van der Waals surface area (Å²) in [6, 6.07) is 10.0. The first-order valence-electron chi connectivity index (χ1n) is 6.48. The average Bonchev–Trinajstić information content (AvgIpc) is 2.53. The second kappa shape index (κ2) is 7.39. The van der Waals surface area contributed by atoms with E-state index in [0.717, 1.165) is 0 Å². The molecule has 0 N–H and O–H groups in total. The van der Waals surface area contributed by atoms with Gasteiger partial charge in [-0.1, -0.05) is 12.1 Å². The van der Waals surface area contributed by atoms with Gasteiger partial charge in [0.05, 0.1) is 18.1 Å². The molecule has 0 saturated carbocycles. The molecule has 0 bridgehead atoms. The number of methoxy groups -OCH3 is 1. The van der Waals surface area contributed by atoms with Gasteiger partial charge in [0.25, 0.3) is 0 Å². The van der Waals surface area contributed by atoms with Crippen molar-refractivity contribution in [3.05, 3.63) is 58.1 Å². The SMILES string of the molecule is COc1ccc(OCc2ccc(OC(F)F)cc2)c([N+](=O)[O-])c1. The Balaban J connectivity index is 2.07. The standard InChI is InChI=1S/C15H13F2NO5/c1-21-12-6-7-14(13(8-12)18(19)20)22-9-10-2-4-11(5-3-10)23-15(16)17/h2-8,15H,9H2,1H3. The fraction of sp³-hybridized carbons (Fsp3) is 0.200. The van der Waals surface area contributed by atoms with Crippen molar-refractivity contribution in [3.8, 4) is 17.2 Å². The van der Waals surface area contributed by atoms with Crippen LogP contribution in [0.5, 0.6) is 17.2 Å². The van der Waals surface area contributed by atoms with Crippen molar-refractivity contribution in [2.75, 3.05) is 7.11 Å². The Morgan fingerprint density at radius 3 is 2.35 bits per heavy atom. The van der Waals surface area contributed by atoms with Crippen molar-refractivity contribution in [3.63, 3.8) is 0 Å². The maximum absolute atomic E-state index is 12.1. The summed E-state index contributed by atoms with van der Waals surface area (Å²) in [7, 11) is 1.41. The van der Waals surface area contributed by atoms with Crippen molar-refractivity contribution in [2.24, 2.45) is 0 Å². The first-order valence-corrected chi connectivity index (χ1v) is 6.48. The zero-order valence-corrected chi connectivity index (χ0v) is 12.1. The van der Waals surface area contributed by atoms with Crippen LogP contribution in [-0.4, -0.2) is 18.6 Å². The van der Waals surface area contributed by atoms with Gasteiger partial charge in [0.15, 0.2) is 5.75 Å². The lowest BCUT2D eigenvalue weighted by Gasteiger charge is -2.09. The minimum Gasteiger partial charge on any atom is -0.496 e. The summed E-state index contributed by atoms with van der Waals surface area (Å²) in [5.41, 5.74) is 0.429. The smallest absolute Gasteiger partial charge is 0.387 e. The normalized spacial score (nSPS) is 10.4. The summed E-state index contributed by atoms with van der Waals surface area (Å²) in [4.78, 5) is 10.5. The summed E-state index contributed by atoms with van der Waals surface area (Å²) in [5.74, 6) is 0.459. The maximum Gasteiger partial charge on any atom is 0.387 e.